The van der Waals surface area contributed by atoms with E-state index in [9.17, 15) is 8.42 Å². The van der Waals surface area contributed by atoms with Gasteiger partial charge >= 0.3 is 0 Å². The average Bonchev–Trinajstić information content (AvgIpc) is 2.26. The van der Waals surface area contributed by atoms with Gasteiger partial charge in [-0.15, -0.1) is 0 Å². The molecule has 1 aliphatic heterocycles. The number of sulfone groups is 1. The zero-order valence-corrected chi connectivity index (χ0v) is 8.56. The molecule has 13 heavy (non-hydrogen) atoms. The molecule has 0 aliphatic carbocycles. The Morgan fingerprint density at radius 2 is 2.15 bits per heavy atom. The SMILES string of the molecule is Cc1nn(C)c2c1CS(=O)(=O)CC2. The van der Waals surface area contributed by atoms with E-state index in [2.05, 4.69) is 5.10 Å². The second-order valence-corrected chi connectivity index (χ2v) is 5.66. The molecule has 0 aromatic carbocycles. The molecule has 0 unspecified atom stereocenters. The van der Waals surface area contributed by atoms with E-state index in [-0.39, 0.29) is 11.5 Å². The molecule has 1 aliphatic rings. The van der Waals surface area contributed by atoms with Gasteiger partial charge in [-0.2, -0.15) is 5.10 Å². The van der Waals surface area contributed by atoms with Crippen LogP contribution in [-0.2, 0) is 29.1 Å². The normalized spacial score (nSPS) is 19.8. The summed E-state index contributed by atoms with van der Waals surface area (Å²) in [6.07, 6.45) is 0.606. The Morgan fingerprint density at radius 1 is 1.46 bits per heavy atom. The highest BCUT2D eigenvalue weighted by atomic mass is 32.2. The summed E-state index contributed by atoms with van der Waals surface area (Å²) >= 11 is 0. The van der Waals surface area contributed by atoms with Gasteiger partial charge in [0.05, 0.1) is 17.2 Å². The number of hydrogen-bond donors (Lipinski definition) is 0. The Morgan fingerprint density at radius 3 is 2.85 bits per heavy atom. The minimum Gasteiger partial charge on any atom is -0.272 e. The molecule has 1 aromatic heterocycles. The lowest BCUT2D eigenvalue weighted by Crippen LogP contribution is -2.20. The summed E-state index contributed by atoms with van der Waals surface area (Å²) in [5.41, 5.74) is 2.84. The molecule has 0 amide bonds. The van der Waals surface area contributed by atoms with Crippen LogP contribution in [0.3, 0.4) is 0 Å². The molecule has 2 rings (SSSR count). The summed E-state index contributed by atoms with van der Waals surface area (Å²) in [5.74, 6) is 0.432. The Hall–Kier alpha value is -0.840. The van der Waals surface area contributed by atoms with Crippen LogP contribution in [0.25, 0.3) is 0 Å². The van der Waals surface area contributed by atoms with Crippen LogP contribution in [0.4, 0.5) is 0 Å². The van der Waals surface area contributed by atoms with Crippen LogP contribution < -0.4 is 0 Å². The minimum atomic E-state index is -2.86. The van der Waals surface area contributed by atoms with E-state index >= 15 is 0 Å². The van der Waals surface area contributed by atoms with Crippen molar-refractivity contribution in [1.82, 2.24) is 9.78 Å². The molecule has 1 aromatic rings. The molecule has 0 spiro atoms. The van der Waals surface area contributed by atoms with Crippen molar-refractivity contribution in [3.05, 3.63) is 17.0 Å². The summed E-state index contributed by atoms with van der Waals surface area (Å²) in [6.45, 7) is 1.86. The molecule has 72 valence electrons. The van der Waals surface area contributed by atoms with Crippen LogP contribution in [-0.4, -0.2) is 24.0 Å². The van der Waals surface area contributed by atoms with Gasteiger partial charge in [0, 0.05) is 24.7 Å². The second-order valence-electron chi connectivity index (χ2n) is 3.48. The van der Waals surface area contributed by atoms with Gasteiger partial charge in [-0.05, 0) is 6.92 Å². The molecule has 4 nitrogen and oxygen atoms in total. The van der Waals surface area contributed by atoms with Crippen molar-refractivity contribution >= 4 is 9.84 Å². The topological polar surface area (TPSA) is 52.0 Å². The molecule has 0 bridgehead atoms. The van der Waals surface area contributed by atoms with Gasteiger partial charge in [0.15, 0.2) is 9.84 Å². The number of hydrogen-bond acceptors (Lipinski definition) is 3. The van der Waals surface area contributed by atoms with Crippen LogP contribution in [0.2, 0.25) is 0 Å². The van der Waals surface area contributed by atoms with Gasteiger partial charge in [0.1, 0.15) is 0 Å². The summed E-state index contributed by atoms with van der Waals surface area (Å²) in [5, 5.41) is 4.21. The lowest BCUT2D eigenvalue weighted by atomic mass is 10.2. The lowest BCUT2D eigenvalue weighted by molar-refractivity contribution is 0.589. The Bertz CT molecular complexity index is 445. The highest BCUT2D eigenvalue weighted by molar-refractivity contribution is 7.90. The quantitative estimate of drug-likeness (QED) is 0.601. The molecular formula is C8H12N2O2S. The van der Waals surface area contributed by atoms with Crippen LogP contribution in [0.15, 0.2) is 0 Å². The fourth-order valence-corrected chi connectivity index (χ4v) is 3.26. The van der Waals surface area contributed by atoms with Gasteiger partial charge in [-0.25, -0.2) is 8.42 Å². The molecule has 0 fully saturated rings. The van der Waals surface area contributed by atoms with E-state index in [0.717, 1.165) is 17.0 Å². The number of rotatable bonds is 0. The maximum Gasteiger partial charge on any atom is 0.154 e. The smallest absolute Gasteiger partial charge is 0.154 e. The fourth-order valence-electron chi connectivity index (χ4n) is 1.79. The van der Waals surface area contributed by atoms with Crippen molar-refractivity contribution in [2.45, 2.75) is 19.1 Å². The van der Waals surface area contributed by atoms with E-state index in [0.29, 0.717) is 6.42 Å². The molecule has 0 saturated heterocycles. The van der Waals surface area contributed by atoms with Gasteiger partial charge in [-0.1, -0.05) is 0 Å². The summed E-state index contributed by atoms with van der Waals surface area (Å²) < 4.78 is 24.5. The maximum atomic E-state index is 11.3. The highest BCUT2D eigenvalue weighted by Crippen LogP contribution is 2.22. The van der Waals surface area contributed by atoms with Gasteiger partial charge in [-0.3, -0.25) is 4.68 Å². The number of aromatic nitrogens is 2. The molecule has 0 radical (unpaired) electrons. The lowest BCUT2D eigenvalue weighted by Gasteiger charge is -2.12. The predicted octanol–water partition coefficient (Wildman–Crippen LogP) is 0.199. The van der Waals surface area contributed by atoms with Crippen molar-refractivity contribution in [2.75, 3.05) is 5.75 Å². The summed E-state index contributed by atoms with van der Waals surface area (Å²) in [7, 11) is -0.994. The van der Waals surface area contributed by atoms with E-state index in [1.165, 1.54) is 0 Å². The number of fused-ring (bicyclic) bond motifs is 1. The molecule has 0 N–H and O–H groups in total. The van der Waals surface area contributed by atoms with Crippen LogP contribution in [0.1, 0.15) is 17.0 Å². The van der Waals surface area contributed by atoms with Crippen molar-refractivity contribution in [2.24, 2.45) is 7.05 Å². The molecule has 2 heterocycles. The van der Waals surface area contributed by atoms with E-state index in [1.807, 2.05) is 14.0 Å². The first kappa shape index (κ1) is 8.74. The van der Waals surface area contributed by atoms with Crippen LogP contribution in [0.5, 0.6) is 0 Å². The van der Waals surface area contributed by atoms with E-state index in [1.54, 1.807) is 4.68 Å². The predicted molar refractivity (Wildman–Crippen MR) is 49.1 cm³/mol. The van der Waals surface area contributed by atoms with Gasteiger partial charge < -0.3 is 0 Å². The van der Waals surface area contributed by atoms with Crippen LogP contribution in [0, 0.1) is 6.92 Å². The largest absolute Gasteiger partial charge is 0.272 e. The fraction of sp³-hybridized carbons (Fsp3) is 0.625. The van der Waals surface area contributed by atoms with Crippen molar-refractivity contribution in [1.29, 1.82) is 0 Å². The zero-order valence-electron chi connectivity index (χ0n) is 7.74. The maximum absolute atomic E-state index is 11.3. The van der Waals surface area contributed by atoms with E-state index < -0.39 is 9.84 Å². The summed E-state index contributed by atoms with van der Waals surface area (Å²) in [6, 6.07) is 0. The first-order valence-corrected chi connectivity index (χ1v) is 6.03. The molecule has 5 heteroatoms. The first-order chi connectivity index (χ1) is 5.99. The third-order valence-corrected chi connectivity index (χ3v) is 4.04. The van der Waals surface area contributed by atoms with Crippen molar-refractivity contribution in [3.63, 3.8) is 0 Å². The van der Waals surface area contributed by atoms with Crippen molar-refractivity contribution < 1.29 is 8.42 Å². The zero-order chi connectivity index (χ0) is 9.64. The Labute approximate surface area is 77.5 Å². The van der Waals surface area contributed by atoms with Gasteiger partial charge in [0.25, 0.3) is 0 Å². The Balaban J connectivity index is 2.57. The monoisotopic (exact) mass is 200 g/mol. The average molecular weight is 200 g/mol. The number of nitrogens with zero attached hydrogens (tertiary/aromatic N) is 2. The Kier molecular flexibility index (Phi) is 1.73. The second kappa shape index (κ2) is 2.57. The number of aryl methyl sites for hydroxylation is 2. The third-order valence-electron chi connectivity index (χ3n) is 2.49. The standard InChI is InChI=1S/C8H12N2O2S/c1-6-7-5-13(11,12)4-3-8(7)10(2)9-6/h3-5H2,1-2H3. The third kappa shape index (κ3) is 1.37. The summed E-state index contributed by atoms with van der Waals surface area (Å²) in [4.78, 5) is 0. The highest BCUT2D eigenvalue weighted by Gasteiger charge is 2.25. The van der Waals surface area contributed by atoms with Crippen LogP contribution >= 0.6 is 0 Å². The molecular weight excluding hydrogens is 188 g/mol. The minimum absolute atomic E-state index is 0.169. The van der Waals surface area contributed by atoms with Gasteiger partial charge in [0.2, 0.25) is 0 Å². The van der Waals surface area contributed by atoms with Crippen molar-refractivity contribution in [3.8, 4) is 0 Å². The first-order valence-electron chi connectivity index (χ1n) is 4.21. The molecule has 0 saturated carbocycles. The van der Waals surface area contributed by atoms with E-state index in [4.69, 9.17) is 0 Å². The molecule has 0 atom stereocenters.